The number of hydrogen-bond acceptors (Lipinski definition) is 3. The summed E-state index contributed by atoms with van der Waals surface area (Å²) >= 11 is 0. The van der Waals surface area contributed by atoms with Crippen molar-refractivity contribution in [2.24, 2.45) is 0 Å². The second-order valence-electron chi connectivity index (χ2n) is 5.57. The number of hydrogen-bond donors (Lipinski definition) is 2. The molecule has 4 heteroatoms. The average Bonchev–Trinajstić information content (AvgIpc) is 3.05. The van der Waals surface area contributed by atoms with Crippen molar-refractivity contribution < 1.29 is 5.11 Å². The molecule has 0 saturated carbocycles. The van der Waals surface area contributed by atoms with Crippen molar-refractivity contribution in [1.82, 2.24) is 15.2 Å². The number of aromatic nitrogens is 3. The molecule has 0 spiro atoms. The number of rotatable bonds is 2. The summed E-state index contributed by atoms with van der Waals surface area (Å²) in [6.07, 6.45) is 3.61. The van der Waals surface area contributed by atoms with E-state index in [2.05, 4.69) is 33.4 Å². The SMILES string of the molecule is Cc1cc(-c2ncccc2-c2ccc3[nH]ncc3c2)ccc1O. The van der Waals surface area contributed by atoms with Crippen LogP contribution in [0.15, 0.2) is 60.9 Å². The zero-order valence-corrected chi connectivity index (χ0v) is 12.6. The van der Waals surface area contributed by atoms with Crippen molar-refractivity contribution in [2.45, 2.75) is 6.92 Å². The lowest BCUT2D eigenvalue weighted by atomic mass is 9.97. The second-order valence-corrected chi connectivity index (χ2v) is 5.57. The maximum atomic E-state index is 9.74. The van der Waals surface area contributed by atoms with Gasteiger partial charge in [0.1, 0.15) is 5.75 Å². The molecule has 0 aliphatic rings. The van der Waals surface area contributed by atoms with Crippen LogP contribution < -0.4 is 0 Å². The van der Waals surface area contributed by atoms with Gasteiger partial charge >= 0.3 is 0 Å². The fraction of sp³-hybridized carbons (Fsp3) is 0.0526. The van der Waals surface area contributed by atoms with E-state index in [1.807, 2.05) is 37.4 Å². The number of aromatic amines is 1. The molecule has 23 heavy (non-hydrogen) atoms. The van der Waals surface area contributed by atoms with Crippen LogP contribution in [0.25, 0.3) is 33.3 Å². The topological polar surface area (TPSA) is 61.8 Å². The van der Waals surface area contributed by atoms with Gasteiger partial charge in [0.2, 0.25) is 0 Å². The molecule has 4 aromatic rings. The molecule has 0 radical (unpaired) electrons. The van der Waals surface area contributed by atoms with Gasteiger partial charge in [-0.05, 0) is 54.4 Å². The van der Waals surface area contributed by atoms with E-state index in [1.54, 1.807) is 12.3 Å². The van der Waals surface area contributed by atoms with Crippen molar-refractivity contribution in [2.75, 3.05) is 0 Å². The standard InChI is InChI=1S/C19H15N3O/c1-12-9-14(5-7-18(12)23)19-16(3-2-8-20-19)13-4-6-17-15(10-13)11-21-22-17/h2-11,23H,1H3,(H,21,22). The van der Waals surface area contributed by atoms with Crippen molar-refractivity contribution in [3.05, 3.63) is 66.5 Å². The summed E-state index contributed by atoms with van der Waals surface area (Å²) in [5.74, 6) is 0.297. The van der Waals surface area contributed by atoms with Gasteiger partial charge in [-0.25, -0.2) is 0 Å². The highest BCUT2D eigenvalue weighted by Gasteiger charge is 2.10. The maximum Gasteiger partial charge on any atom is 0.118 e. The van der Waals surface area contributed by atoms with Gasteiger partial charge in [0.25, 0.3) is 0 Å². The Kier molecular flexibility index (Phi) is 3.08. The van der Waals surface area contributed by atoms with Gasteiger partial charge in [-0.15, -0.1) is 0 Å². The number of pyridine rings is 1. The smallest absolute Gasteiger partial charge is 0.118 e. The van der Waals surface area contributed by atoms with E-state index in [1.165, 1.54) is 0 Å². The van der Waals surface area contributed by atoms with Crippen molar-refractivity contribution in [1.29, 1.82) is 0 Å². The number of fused-ring (bicyclic) bond motifs is 1. The van der Waals surface area contributed by atoms with Crippen LogP contribution in [0, 0.1) is 6.92 Å². The lowest BCUT2D eigenvalue weighted by Gasteiger charge is -2.10. The molecule has 112 valence electrons. The Labute approximate surface area is 133 Å². The highest BCUT2D eigenvalue weighted by Crippen LogP contribution is 2.33. The molecule has 2 aromatic heterocycles. The van der Waals surface area contributed by atoms with Gasteiger partial charge < -0.3 is 5.11 Å². The Bertz CT molecular complexity index is 1000. The first-order valence-electron chi connectivity index (χ1n) is 7.41. The van der Waals surface area contributed by atoms with Gasteiger partial charge in [0.15, 0.2) is 0 Å². The van der Waals surface area contributed by atoms with Gasteiger partial charge in [0.05, 0.1) is 17.4 Å². The third-order valence-electron chi connectivity index (χ3n) is 4.03. The van der Waals surface area contributed by atoms with Gasteiger partial charge in [-0.1, -0.05) is 12.1 Å². The van der Waals surface area contributed by atoms with Gasteiger partial charge in [-0.2, -0.15) is 5.10 Å². The normalized spacial score (nSPS) is 11.0. The van der Waals surface area contributed by atoms with E-state index in [9.17, 15) is 5.11 Å². The Balaban J connectivity index is 1.90. The van der Waals surface area contributed by atoms with E-state index in [0.29, 0.717) is 5.75 Å². The predicted octanol–water partition coefficient (Wildman–Crippen LogP) is 4.31. The molecule has 0 aliphatic carbocycles. The first-order valence-corrected chi connectivity index (χ1v) is 7.41. The Hall–Kier alpha value is -3.14. The number of H-pyrrole nitrogens is 1. The van der Waals surface area contributed by atoms with Crippen LogP contribution in [0.5, 0.6) is 5.75 Å². The zero-order valence-electron chi connectivity index (χ0n) is 12.6. The quantitative estimate of drug-likeness (QED) is 0.580. The monoisotopic (exact) mass is 301 g/mol. The van der Waals surface area contributed by atoms with Crippen LogP contribution >= 0.6 is 0 Å². The van der Waals surface area contributed by atoms with E-state index >= 15 is 0 Å². The van der Waals surface area contributed by atoms with Crippen LogP contribution in [-0.4, -0.2) is 20.3 Å². The summed E-state index contributed by atoms with van der Waals surface area (Å²) < 4.78 is 0. The average molecular weight is 301 g/mol. The van der Waals surface area contributed by atoms with E-state index < -0.39 is 0 Å². The van der Waals surface area contributed by atoms with Gasteiger partial charge in [0, 0.05) is 22.7 Å². The molecule has 4 nitrogen and oxygen atoms in total. The van der Waals surface area contributed by atoms with Crippen LogP contribution in [0.4, 0.5) is 0 Å². The van der Waals surface area contributed by atoms with Crippen LogP contribution in [0.3, 0.4) is 0 Å². The molecular weight excluding hydrogens is 286 g/mol. The summed E-state index contributed by atoms with van der Waals surface area (Å²) in [6, 6.07) is 15.7. The summed E-state index contributed by atoms with van der Waals surface area (Å²) in [4.78, 5) is 4.56. The highest BCUT2D eigenvalue weighted by molar-refractivity contribution is 5.88. The molecule has 0 saturated heterocycles. The summed E-state index contributed by atoms with van der Waals surface area (Å²) in [7, 11) is 0. The molecule has 0 aliphatic heterocycles. The van der Waals surface area contributed by atoms with Crippen LogP contribution in [-0.2, 0) is 0 Å². The van der Waals surface area contributed by atoms with Crippen molar-refractivity contribution in [3.8, 4) is 28.1 Å². The fourth-order valence-electron chi connectivity index (χ4n) is 2.78. The Morgan fingerprint density at radius 3 is 2.74 bits per heavy atom. The van der Waals surface area contributed by atoms with Crippen molar-refractivity contribution >= 4 is 10.9 Å². The molecular formula is C19H15N3O. The first-order chi connectivity index (χ1) is 11.2. The zero-order chi connectivity index (χ0) is 15.8. The molecule has 4 rings (SSSR count). The van der Waals surface area contributed by atoms with E-state index in [4.69, 9.17) is 0 Å². The third-order valence-corrected chi connectivity index (χ3v) is 4.03. The summed E-state index contributed by atoms with van der Waals surface area (Å²) in [5.41, 5.74) is 5.89. The molecule has 2 aromatic carbocycles. The molecule has 0 bridgehead atoms. The number of phenols is 1. The largest absolute Gasteiger partial charge is 0.508 e. The maximum absolute atomic E-state index is 9.74. The number of aromatic hydroxyl groups is 1. The molecule has 0 unspecified atom stereocenters. The second kappa shape index (κ2) is 5.25. The predicted molar refractivity (Wildman–Crippen MR) is 91.2 cm³/mol. The Morgan fingerprint density at radius 1 is 1.00 bits per heavy atom. The van der Waals surface area contributed by atoms with E-state index in [-0.39, 0.29) is 0 Å². The molecule has 0 amide bonds. The third kappa shape index (κ3) is 2.34. The number of benzene rings is 2. The van der Waals surface area contributed by atoms with E-state index in [0.717, 1.165) is 38.9 Å². The highest BCUT2D eigenvalue weighted by atomic mass is 16.3. The number of nitrogens with zero attached hydrogens (tertiary/aromatic N) is 2. The molecule has 0 fully saturated rings. The Morgan fingerprint density at radius 2 is 1.87 bits per heavy atom. The molecule has 2 heterocycles. The fourth-order valence-corrected chi connectivity index (χ4v) is 2.78. The lowest BCUT2D eigenvalue weighted by molar-refractivity contribution is 0.471. The van der Waals surface area contributed by atoms with Crippen LogP contribution in [0.2, 0.25) is 0 Å². The molecule has 2 N–H and O–H groups in total. The molecule has 0 atom stereocenters. The lowest BCUT2D eigenvalue weighted by Crippen LogP contribution is -1.89. The van der Waals surface area contributed by atoms with Gasteiger partial charge in [-0.3, -0.25) is 10.1 Å². The van der Waals surface area contributed by atoms with Crippen molar-refractivity contribution in [3.63, 3.8) is 0 Å². The number of nitrogens with one attached hydrogen (secondary N) is 1. The summed E-state index contributed by atoms with van der Waals surface area (Å²) in [6.45, 7) is 1.89. The minimum absolute atomic E-state index is 0.297. The minimum atomic E-state index is 0.297. The van der Waals surface area contributed by atoms with Crippen LogP contribution in [0.1, 0.15) is 5.56 Å². The minimum Gasteiger partial charge on any atom is -0.508 e. The first kappa shape index (κ1) is 13.5. The number of aryl methyl sites for hydroxylation is 1. The summed E-state index contributed by atoms with van der Waals surface area (Å²) in [5, 5.41) is 17.8. The number of phenolic OH excluding ortho intramolecular Hbond substituents is 1.